The lowest BCUT2D eigenvalue weighted by molar-refractivity contribution is 0.409. The van der Waals surface area contributed by atoms with Gasteiger partial charge in [-0.1, -0.05) is 32.0 Å². The van der Waals surface area contributed by atoms with Crippen LogP contribution in [0.25, 0.3) is 0 Å². The summed E-state index contributed by atoms with van der Waals surface area (Å²) in [7, 11) is 4.26. The summed E-state index contributed by atoms with van der Waals surface area (Å²) in [6, 6.07) is 8.81. The molecule has 1 aliphatic heterocycles. The van der Waals surface area contributed by atoms with Crippen molar-refractivity contribution in [3.05, 3.63) is 29.8 Å². The minimum absolute atomic E-state index is 0.295. The Morgan fingerprint density at radius 1 is 1.25 bits per heavy atom. The molecule has 2 nitrogen and oxygen atoms in total. The minimum Gasteiger partial charge on any atom is -0.369 e. The number of anilines is 1. The van der Waals surface area contributed by atoms with E-state index in [-0.39, 0.29) is 0 Å². The average molecular weight is 218 g/mol. The van der Waals surface area contributed by atoms with E-state index in [0.29, 0.717) is 5.41 Å². The van der Waals surface area contributed by atoms with Crippen molar-refractivity contribution in [1.29, 1.82) is 0 Å². The molecule has 0 aromatic heterocycles. The second-order valence-corrected chi connectivity index (χ2v) is 5.63. The third-order valence-electron chi connectivity index (χ3n) is 3.38. The van der Waals surface area contributed by atoms with E-state index >= 15 is 0 Å². The van der Waals surface area contributed by atoms with Gasteiger partial charge in [-0.25, -0.2) is 0 Å². The molecule has 0 bridgehead atoms. The van der Waals surface area contributed by atoms with Crippen LogP contribution >= 0.6 is 0 Å². The van der Waals surface area contributed by atoms with Gasteiger partial charge in [0, 0.05) is 30.7 Å². The normalized spacial score (nSPS) is 17.9. The quantitative estimate of drug-likeness (QED) is 0.768. The summed E-state index contributed by atoms with van der Waals surface area (Å²) in [5.41, 5.74) is 3.21. The minimum atomic E-state index is 0.295. The van der Waals surface area contributed by atoms with Crippen LogP contribution in [-0.2, 0) is 5.41 Å². The third kappa shape index (κ3) is 2.07. The molecule has 0 unspecified atom stereocenters. The first kappa shape index (κ1) is 11.5. The van der Waals surface area contributed by atoms with Crippen molar-refractivity contribution in [3.8, 4) is 0 Å². The van der Waals surface area contributed by atoms with Crippen LogP contribution in [-0.4, -0.2) is 38.6 Å². The summed E-state index contributed by atoms with van der Waals surface area (Å²) in [6.45, 7) is 8.04. The standard InChI is InChI=1S/C14H22N2/c1-14(2)11-16(10-9-15(3)4)13-8-6-5-7-12(13)14/h5-8H,9-11H2,1-4H3. The fourth-order valence-corrected chi connectivity index (χ4v) is 2.49. The fraction of sp³-hybridized carbons (Fsp3) is 0.571. The molecular formula is C14H22N2. The number of rotatable bonds is 3. The van der Waals surface area contributed by atoms with Gasteiger partial charge in [0.05, 0.1) is 0 Å². The van der Waals surface area contributed by atoms with Gasteiger partial charge in [0.25, 0.3) is 0 Å². The summed E-state index contributed by atoms with van der Waals surface area (Å²) >= 11 is 0. The highest BCUT2D eigenvalue weighted by Gasteiger charge is 2.34. The van der Waals surface area contributed by atoms with Crippen LogP contribution in [0.4, 0.5) is 5.69 Å². The van der Waals surface area contributed by atoms with Crippen molar-refractivity contribution in [1.82, 2.24) is 4.90 Å². The number of para-hydroxylation sites is 1. The number of likely N-dealkylation sites (N-methyl/N-ethyl adjacent to an activating group) is 1. The molecule has 0 fully saturated rings. The molecule has 1 heterocycles. The van der Waals surface area contributed by atoms with Crippen LogP contribution in [0.1, 0.15) is 19.4 Å². The van der Waals surface area contributed by atoms with Gasteiger partial charge in [-0.3, -0.25) is 0 Å². The predicted octanol–water partition coefficient (Wildman–Crippen LogP) is 2.35. The molecule has 0 spiro atoms. The Labute approximate surface area is 98.9 Å². The molecule has 0 aliphatic carbocycles. The second kappa shape index (κ2) is 4.10. The van der Waals surface area contributed by atoms with Crippen LogP contribution in [0, 0.1) is 0 Å². The van der Waals surface area contributed by atoms with E-state index < -0.39 is 0 Å². The molecule has 0 saturated carbocycles. The highest BCUT2D eigenvalue weighted by Crippen LogP contribution is 2.39. The summed E-state index contributed by atoms with van der Waals surface area (Å²) in [4.78, 5) is 4.75. The second-order valence-electron chi connectivity index (χ2n) is 5.63. The highest BCUT2D eigenvalue weighted by atomic mass is 15.2. The topological polar surface area (TPSA) is 6.48 Å². The van der Waals surface area contributed by atoms with Crippen LogP contribution in [0.2, 0.25) is 0 Å². The Morgan fingerprint density at radius 2 is 1.94 bits per heavy atom. The summed E-state index contributed by atoms with van der Waals surface area (Å²) < 4.78 is 0. The Kier molecular flexibility index (Phi) is 2.94. The molecule has 1 aromatic rings. The molecule has 0 radical (unpaired) electrons. The first-order valence-corrected chi connectivity index (χ1v) is 6.00. The summed E-state index contributed by atoms with van der Waals surface area (Å²) in [6.07, 6.45) is 0. The molecule has 16 heavy (non-hydrogen) atoms. The van der Waals surface area contributed by atoms with Crippen LogP contribution in [0.3, 0.4) is 0 Å². The molecule has 2 rings (SSSR count). The van der Waals surface area contributed by atoms with Crippen LogP contribution < -0.4 is 4.90 Å². The molecule has 0 N–H and O–H groups in total. The third-order valence-corrected chi connectivity index (χ3v) is 3.38. The largest absolute Gasteiger partial charge is 0.369 e. The maximum absolute atomic E-state index is 2.51. The number of nitrogens with zero attached hydrogens (tertiary/aromatic N) is 2. The van der Waals surface area contributed by atoms with Gasteiger partial charge >= 0.3 is 0 Å². The maximum atomic E-state index is 2.51. The maximum Gasteiger partial charge on any atom is 0.0405 e. The van der Waals surface area contributed by atoms with E-state index in [4.69, 9.17) is 0 Å². The molecule has 0 saturated heterocycles. The summed E-state index contributed by atoms with van der Waals surface area (Å²) in [5, 5.41) is 0. The van der Waals surface area contributed by atoms with Crippen LogP contribution in [0.15, 0.2) is 24.3 Å². The average Bonchev–Trinajstić information content (AvgIpc) is 2.49. The number of hydrogen-bond donors (Lipinski definition) is 0. The van der Waals surface area contributed by atoms with Gasteiger partial charge in [-0.05, 0) is 25.7 Å². The fourth-order valence-electron chi connectivity index (χ4n) is 2.49. The molecule has 1 aromatic carbocycles. The van der Waals surface area contributed by atoms with Crippen molar-refractivity contribution in [2.75, 3.05) is 38.6 Å². The van der Waals surface area contributed by atoms with E-state index in [9.17, 15) is 0 Å². The Balaban J connectivity index is 2.20. The van der Waals surface area contributed by atoms with E-state index in [0.717, 1.165) is 19.6 Å². The van der Waals surface area contributed by atoms with Crippen molar-refractivity contribution in [2.24, 2.45) is 0 Å². The zero-order valence-electron chi connectivity index (χ0n) is 10.8. The highest BCUT2D eigenvalue weighted by molar-refractivity contribution is 5.62. The van der Waals surface area contributed by atoms with Crippen molar-refractivity contribution in [2.45, 2.75) is 19.3 Å². The zero-order chi connectivity index (χ0) is 11.8. The van der Waals surface area contributed by atoms with Gasteiger partial charge in [0.2, 0.25) is 0 Å². The monoisotopic (exact) mass is 218 g/mol. The zero-order valence-corrected chi connectivity index (χ0v) is 10.8. The molecule has 1 aliphatic rings. The van der Waals surface area contributed by atoms with Gasteiger partial charge in [-0.2, -0.15) is 0 Å². The SMILES string of the molecule is CN(C)CCN1CC(C)(C)c2ccccc21. The van der Waals surface area contributed by atoms with Gasteiger partial charge in [0.15, 0.2) is 0 Å². The van der Waals surface area contributed by atoms with Crippen molar-refractivity contribution in [3.63, 3.8) is 0 Å². The first-order valence-electron chi connectivity index (χ1n) is 6.00. The lowest BCUT2D eigenvalue weighted by Crippen LogP contribution is -2.34. The Hall–Kier alpha value is -1.02. The Morgan fingerprint density at radius 3 is 2.62 bits per heavy atom. The first-order chi connectivity index (χ1) is 7.50. The van der Waals surface area contributed by atoms with E-state index in [1.165, 1.54) is 11.3 Å². The lowest BCUT2D eigenvalue weighted by Gasteiger charge is -2.24. The molecular weight excluding hydrogens is 196 g/mol. The number of fused-ring (bicyclic) bond motifs is 1. The van der Waals surface area contributed by atoms with Gasteiger partial charge in [0.1, 0.15) is 0 Å². The molecule has 88 valence electrons. The van der Waals surface area contributed by atoms with Gasteiger partial charge < -0.3 is 9.80 Å². The predicted molar refractivity (Wildman–Crippen MR) is 70.2 cm³/mol. The van der Waals surface area contributed by atoms with Gasteiger partial charge in [-0.15, -0.1) is 0 Å². The van der Waals surface area contributed by atoms with Crippen molar-refractivity contribution >= 4 is 5.69 Å². The van der Waals surface area contributed by atoms with E-state index in [2.05, 4.69) is 62.0 Å². The van der Waals surface area contributed by atoms with Crippen LogP contribution in [0.5, 0.6) is 0 Å². The Bertz CT molecular complexity index is 369. The smallest absolute Gasteiger partial charge is 0.0405 e. The van der Waals surface area contributed by atoms with Crippen molar-refractivity contribution < 1.29 is 0 Å². The summed E-state index contributed by atoms with van der Waals surface area (Å²) in [5.74, 6) is 0. The lowest BCUT2D eigenvalue weighted by atomic mass is 9.87. The molecule has 0 atom stereocenters. The molecule has 0 amide bonds. The molecule has 2 heteroatoms. The van der Waals surface area contributed by atoms with E-state index in [1.54, 1.807) is 0 Å². The number of hydrogen-bond acceptors (Lipinski definition) is 2. The number of benzene rings is 1. The van der Waals surface area contributed by atoms with E-state index in [1.807, 2.05) is 0 Å².